The van der Waals surface area contributed by atoms with Gasteiger partial charge in [-0.15, -0.1) is 0 Å². The van der Waals surface area contributed by atoms with Crippen LogP contribution in [0.15, 0.2) is 0 Å². The molecule has 0 spiro atoms. The Kier molecular flexibility index (Phi) is 29.4. The smallest absolute Gasteiger partial charge is 0.778 e. The van der Waals surface area contributed by atoms with Crippen LogP contribution in [0, 0.1) is 0 Å². The molecule has 0 aromatic heterocycles. The van der Waals surface area contributed by atoms with E-state index >= 15 is 0 Å². The molecule has 0 aromatic carbocycles. The average Bonchev–Trinajstić information content (AvgIpc) is 2.75. The Bertz CT molecular complexity index is 397. The van der Waals surface area contributed by atoms with Crippen LogP contribution in [-0.2, 0) is 9.09 Å². The van der Waals surface area contributed by atoms with Crippen molar-refractivity contribution in [3.8, 4) is 0 Å². The molecule has 6 heteroatoms. The second kappa shape index (κ2) is 26.7. The maximum Gasteiger partial charge on any atom is 1.00 e. The van der Waals surface area contributed by atoms with E-state index in [2.05, 4.69) is 25.7 Å². The second-order valence-corrected chi connectivity index (χ2v) is 11.2. The van der Waals surface area contributed by atoms with Gasteiger partial charge in [-0.2, -0.15) is 0 Å². The van der Waals surface area contributed by atoms with Gasteiger partial charge in [0, 0.05) is 12.7 Å². The predicted octanol–water partition coefficient (Wildman–Crippen LogP) is 4.94. The summed E-state index contributed by atoms with van der Waals surface area (Å²) in [4.78, 5) is 14.7. The molecule has 0 bridgehead atoms. The third kappa shape index (κ3) is 25.7. The van der Waals surface area contributed by atoms with Gasteiger partial charge < -0.3 is 18.9 Å². The van der Waals surface area contributed by atoms with Gasteiger partial charge in [0.05, 0.1) is 6.61 Å². The van der Waals surface area contributed by atoms with E-state index in [1.807, 2.05) is 0 Å². The molecule has 0 aliphatic carbocycles. The molecule has 0 aliphatic rings. The van der Waals surface area contributed by atoms with E-state index in [0.29, 0.717) is 13.2 Å². The first-order valence-electron chi connectivity index (χ1n) is 13.7. The number of nitrogens with zero attached hydrogens (tertiary/aromatic N) is 1. The molecule has 1 unspecified atom stereocenters. The molecule has 0 N–H and O–H groups in total. The standard InChI is InChI=1S/C26H56NO3P.Na/c1-4-7-10-13-16-19-22-27(23-20-17-14-11-8-5-2)24-26-31(28,29)30-25-21-18-15-12-9-6-3;/h4-26H2,1-3H3,(H,28,29);/q;+1/p-1. The van der Waals surface area contributed by atoms with Crippen LogP contribution in [0.25, 0.3) is 0 Å². The van der Waals surface area contributed by atoms with Crippen LogP contribution in [0.2, 0.25) is 0 Å². The second-order valence-electron chi connectivity index (χ2n) is 9.31. The van der Waals surface area contributed by atoms with Gasteiger partial charge in [0.25, 0.3) is 0 Å². The van der Waals surface area contributed by atoms with Crippen molar-refractivity contribution < 1.29 is 43.5 Å². The number of rotatable bonds is 25. The normalized spacial score (nSPS) is 13.3. The SMILES string of the molecule is CCCCCCCCOP(=O)([O-])CCN(CCCCCCCC)CCCCCCCC.[Na+]. The molecule has 0 fully saturated rings. The Balaban J connectivity index is 0. The van der Waals surface area contributed by atoms with Crippen molar-refractivity contribution in [2.24, 2.45) is 0 Å². The van der Waals surface area contributed by atoms with Crippen LogP contribution in [0.3, 0.4) is 0 Å². The molecule has 32 heavy (non-hydrogen) atoms. The summed E-state index contributed by atoms with van der Waals surface area (Å²) in [5.74, 6) is 0. The summed E-state index contributed by atoms with van der Waals surface area (Å²) in [5.41, 5.74) is 0. The topological polar surface area (TPSA) is 52.6 Å². The van der Waals surface area contributed by atoms with E-state index < -0.39 is 7.60 Å². The maximum absolute atomic E-state index is 12.3. The molecule has 4 nitrogen and oxygen atoms in total. The number of hydrogen-bond acceptors (Lipinski definition) is 4. The van der Waals surface area contributed by atoms with E-state index in [9.17, 15) is 9.46 Å². The molecule has 0 rings (SSSR count). The molecule has 0 radical (unpaired) electrons. The van der Waals surface area contributed by atoms with Gasteiger partial charge in [-0.3, -0.25) is 0 Å². The van der Waals surface area contributed by atoms with Gasteiger partial charge in [0.2, 0.25) is 0 Å². The van der Waals surface area contributed by atoms with Crippen LogP contribution >= 0.6 is 7.60 Å². The summed E-state index contributed by atoms with van der Waals surface area (Å²) in [5, 5.41) is 0. The Hall–Kier alpha value is 1.11. The molecule has 0 saturated carbocycles. The van der Waals surface area contributed by atoms with Crippen molar-refractivity contribution >= 4 is 7.60 Å². The van der Waals surface area contributed by atoms with Crippen molar-refractivity contribution in [1.82, 2.24) is 4.90 Å². The molecular formula is C26H55NNaO3P. The summed E-state index contributed by atoms with van der Waals surface area (Å²) < 4.78 is 17.6. The Morgan fingerprint density at radius 3 is 1.41 bits per heavy atom. The van der Waals surface area contributed by atoms with Gasteiger partial charge >= 0.3 is 29.6 Å². The first kappa shape index (κ1) is 35.3. The van der Waals surface area contributed by atoms with E-state index in [4.69, 9.17) is 4.52 Å². The molecule has 0 aliphatic heterocycles. The van der Waals surface area contributed by atoms with Crippen molar-refractivity contribution in [2.75, 3.05) is 32.4 Å². The average molecular weight is 484 g/mol. The van der Waals surface area contributed by atoms with Crippen LogP contribution in [-0.4, -0.2) is 37.3 Å². The van der Waals surface area contributed by atoms with E-state index in [0.717, 1.165) is 25.9 Å². The van der Waals surface area contributed by atoms with Gasteiger partial charge in [-0.05, 0) is 32.4 Å². The molecule has 0 heterocycles. The summed E-state index contributed by atoms with van der Waals surface area (Å²) in [6.07, 6.45) is 22.4. The Morgan fingerprint density at radius 2 is 0.969 bits per heavy atom. The van der Waals surface area contributed by atoms with Crippen molar-refractivity contribution in [3.63, 3.8) is 0 Å². The fourth-order valence-corrected chi connectivity index (χ4v) is 5.05. The molecular weight excluding hydrogens is 428 g/mol. The van der Waals surface area contributed by atoms with Crippen molar-refractivity contribution in [2.45, 2.75) is 136 Å². The quantitative estimate of drug-likeness (QED) is 0.105. The minimum atomic E-state index is -3.71. The minimum Gasteiger partial charge on any atom is -0.778 e. The summed E-state index contributed by atoms with van der Waals surface area (Å²) >= 11 is 0. The monoisotopic (exact) mass is 483 g/mol. The summed E-state index contributed by atoms with van der Waals surface area (Å²) in [6.45, 7) is 9.75. The molecule has 0 amide bonds. The largest absolute Gasteiger partial charge is 1.00 e. The summed E-state index contributed by atoms with van der Waals surface area (Å²) in [6, 6.07) is 0. The summed E-state index contributed by atoms with van der Waals surface area (Å²) in [7, 11) is -3.71. The molecule has 0 saturated heterocycles. The van der Waals surface area contributed by atoms with Gasteiger partial charge in [0.1, 0.15) is 7.60 Å². The van der Waals surface area contributed by atoms with E-state index in [-0.39, 0.29) is 35.7 Å². The minimum absolute atomic E-state index is 0. The molecule has 0 aromatic rings. The van der Waals surface area contributed by atoms with Crippen LogP contribution in [0.1, 0.15) is 136 Å². The van der Waals surface area contributed by atoms with E-state index in [1.165, 1.54) is 103 Å². The first-order valence-corrected chi connectivity index (χ1v) is 15.5. The Labute approximate surface area is 223 Å². The van der Waals surface area contributed by atoms with E-state index in [1.54, 1.807) is 0 Å². The zero-order chi connectivity index (χ0) is 23.0. The van der Waals surface area contributed by atoms with Gasteiger partial charge in [-0.25, -0.2) is 0 Å². The fourth-order valence-electron chi connectivity index (χ4n) is 3.98. The zero-order valence-corrected chi connectivity index (χ0v) is 25.3. The molecule has 1 atom stereocenters. The van der Waals surface area contributed by atoms with Crippen LogP contribution < -0.4 is 34.5 Å². The maximum atomic E-state index is 12.3. The van der Waals surface area contributed by atoms with Crippen LogP contribution in [0.5, 0.6) is 0 Å². The third-order valence-corrected chi connectivity index (χ3v) is 7.46. The van der Waals surface area contributed by atoms with Gasteiger partial charge in [-0.1, -0.05) is 117 Å². The van der Waals surface area contributed by atoms with Gasteiger partial charge in [0.15, 0.2) is 0 Å². The zero-order valence-electron chi connectivity index (χ0n) is 22.4. The third-order valence-electron chi connectivity index (χ3n) is 6.13. The number of hydrogen-bond donors (Lipinski definition) is 0. The van der Waals surface area contributed by atoms with Crippen LogP contribution in [0.4, 0.5) is 0 Å². The first-order chi connectivity index (χ1) is 15.1. The number of unbranched alkanes of at least 4 members (excludes halogenated alkanes) is 15. The van der Waals surface area contributed by atoms with Crippen molar-refractivity contribution in [3.05, 3.63) is 0 Å². The predicted molar refractivity (Wildman–Crippen MR) is 135 cm³/mol. The molecule has 188 valence electrons. The van der Waals surface area contributed by atoms with Crippen molar-refractivity contribution in [1.29, 1.82) is 0 Å². The fraction of sp³-hybridized carbons (Fsp3) is 1.00. The Morgan fingerprint density at radius 1 is 0.594 bits per heavy atom.